The van der Waals surface area contributed by atoms with Gasteiger partial charge in [0.05, 0.1) is 12.2 Å². The summed E-state index contributed by atoms with van der Waals surface area (Å²) in [6, 6.07) is 10.7. The van der Waals surface area contributed by atoms with E-state index in [9.17, 15) is 0 Å². The van der Waals surface area contributed by atoms with Gasteiger partial charge in [0.1, 0.15) is 0 Å². The third-order valence-corrected chi connectivity index (χ3v) is 4.31. The monoisotopic (exact) mass is 284 g/mol. The number of rotatable bonds is 4. The summed E-state index contributed by atoms with van der Waals surface area (Å²) in [5, 5.41) is 0. The average Bonchev–Trinajstić information content (AvgIpc) is 2.47. The van der Waals surface area contributed by atoms with Gasteiger partial charge in [-0.2, -0.15) is 0 Å². The van der Waals surface area contributed by atoms with Crippen LogP contribution >= 0.6 is 0 Å². The number of ether oxygens (including phenoxy) is 1. The molecule has 0 radical (unpaired) electrons. The Hall–Kier alpha value is -1.34. The van der Waals surface area contributed by atoms with E-state index in [0.29, 0.717) is 12.0 Å². The van der Waals surface area contributed by atoms with Crippen LogP contribution in [-0.4, -0.2) is 6.10 Å². The van der Waals surface area contributed by atoms with E-state index in [-0.39, 0.29) is 6.10 Å². The van der Waals surface area contributed by atoms with Crippen LogP contribution in [-0.2, 0) is 4.74 Å². The molecule has 1 aliphatic rings. The van der Waals surface area contributed by atoms with Crippen molar-refractivity contribution < 1.29 is 4.74 Å². The molecule has 0 aromatic heterocycles. The van der Waals surface area contributed by atoms with Crippen molar-refractivity contribution in [2.24, 2.45) is 5.92 Å². The van der Waals surface area contributed by atoms with Crippen LogP contribution in [0.2, 0.25) is 0 Å². The zero-order valence-electron chi connectivity index (χ0n) is 13.8. The maximum absolute atomic E-state index is 6.28. The molecular formula is C20H28O. The van der Waals surface area contributed by atoms with Gasteiger partial charge < -0.3 is 4.74 Å². The van der Waals surface area contributed by atoms with Gasteiger partial charge in [0.15, 0.2) is 0 Å². The molecule has 2 rings (SSSR count). The molecule has 0 aliphatic carbocycles. The highest BCUT2D eigenvalue weighted by atomic mass is 16.5. The van der Waals surface area contributed by atoms with Crippen LogP contribution in [0.4, 0.5) is 0 Å². The van der Waals surface area contributed by atoms with Crippen molar-refractivity contribution in [2.45, 2.75) is 59.2 Å². The molecule has 1 aliphatic heterocycles. The molecule has 1 heterocycles. The lowest BCUT2D eigenvalue weighted by Crippen LogP contribution is -2.28. The Morgan fingerprint density at radius 1 is 1.10 bits per heavy atom. The molecule has 1 heteroatoms. The van der Waals surface area contributed by atoms with Crippen molar-refractivity contribution in [2.75, 3.05) is 0 Å². The molecule has 1 saturated heterocycles. The molecule has 1 aromatic rings. The Morgan fingerprint density at radius 2 is 1.81 bits per heavy atom. The molecule has 21 heavy (non-hydrogen) atoms. The van der Waals surface area contributed by atoms with Gasteiger partial charge in [-0.25, -0.2) is 0 Å². The molecule has 0 N–H and O–H groups in total. The molecule has 3 atom stereocenters. The minimum absolute atomic E-state index is 0.206. The Bertz CT molecular complexity index is 494. The number of benzene rings is 1. The summed E-state index contributed by atoms with van der Waals surface area (Å²) in [5.41, 5.74) is 4.16. The molecular weight excluding hydrogens is 256 g/mol. The molecule has 1 aromatic carbocycles. The minimum atomic E-state index is 0.206. The quantitative estimate of drug-likeness (QED) is 0.631. The molecule has 0 saturated carbocycles. The highest BCUT2D eigenvalue weighted by molar-refractivity contribution is 5.23. The van der Waals surface area contributed by atoms with E-state index in [0.717, 1.165) is 12.8 Å². The summed E-state index contributed by atoms with van der Waals surface area (Å²) >= 11 is 0. The normalized spacial score (nSPS) is 26.5. The first-order chi connectivity index (χ1) is 10.1. The largest absolute Gasteiger partial charge is 0.370 e. The summed E-state index contributed by atoms with van der Waals surface area (Å²) in [5.74, 6) is 0.508. The van der Waals surface area contributed by atoms with E-state index in [1.165, 1.54) is 23.1 Å². The fraction of sp³-hybridized carbons (Fsp3) is 0.500. The van der Waals surface area contributed by atoms with E-state index in [4.69, 9.17) is 4.74 Å². The summed E-state index contributed by atoms with van der Waals surface area (Å²) in [7, 11) is 0. The van der Waals surface area contributed by atoms with Crippen molar-refractivity contribution in [3.05, 3.63) is 59.2 Å². The van der Waals surface area contributed by atoms with Crippen LogP contribution in [0.1, 0.15) is 58.6 Å². The van der Waals surface area contributed by atoms with Gasteiger partial charge in [0, 0.05) is 5.92 Å². The van der Waals surface area contributed by atoms with Gasteiger partial charge in [0.25, 0.3) is 0 Å². The van der Waals surface area contributed by atoms with Crippen molar-refractivity contribution in [1.82, 2.24) is 0 Å². The van der Waals surface area contributed by atoms with Crippen LogP contribution < -0.4 is 0 Å². The molecule has 0 amide bonds. The van der Waals surface area contributed by atoms with E-state index in [1.807, 2.05) is 0 Å². The average molecular weight is 284 g/mol. The SMILES string of the molecule is CC(C)=CC/C=C(/C)C1CCC(C)OC1c1ccccc1. The second-order valence-corrected chi connectivity index (χ2v) is 6.43. The van der Waals surface area contributed by atoms with Gasteiger partial charge >= 0.3 is 0 Å². The molecule has 3 unspecified atom stereocenters. The predicted octanol–water partition coefficient (Wildman–Crippen LogP) is 5.85. The highest BCUT2D eigenvalue weighted by Crippen LogP contribution is 2.40. The number of allylic oxidation sites excluding steroid dienone is 3. The predicted molar refractivity (Wildman–Crippen MR) is 90.3 cm³/mol. The van der Waals surface area contributed by atoms with Gasteiger partial charge in [-0.3, -0.25) is 0 Å². The maximum atomic E-state index is 6.28. The van der Waals surface area contributed by atoms with Crippen LogP contribution in [0.25, 0.3) is 0 Å². The summed E-state index contributed by atoms with van der Waals surface area (Å²) in [6.45, 7) is 8.76. The van der Waals surface area contributed by atoms with Crippen molar-refractivity contribution in [3.63, 3.8) is 0 Å². The zero-order chi connectivity index (χ0) is 15.2. The second kappa shape index (κ2) is 7.61. The Labute approximate surface area is 129 Å². The first-order valence-electron chi connectivity index (χ1n) is 8.08. The van der Waals surface area contributed by atoms with E-state index >= 15 is 0 Å². The van der Waals surface area contributed by atoms with Crippen LogP contribution in [0.3, 0.4) is 0 Å². The summed E-state index contributed by atoms with van der Waals surface area (Å²) in [6.07, 6.45) is 8.62. The van der Waals surface area contributed by atoms with Gasteiger partial charge in [-0.05, 0) is 52.5 Å². The third kappa shape index (κ3) is 4.57. The van der Waals surface area contributed by atoms with E-state index in [1.54, 1.807) is 0 Å². The van der Waals surface area contributed by atoms with E-state index in [2.05, 4.69) is 70.2 Å². The maximum Gasteiger partial charge on any atom is 0.0893 e. The van der Waals surface area contributed by atoms with Gasteiger partial charge in [-0.1, -0.05) is 53.6 Å². The first kappa shape index (κ1) is 16.0. The van der Waals surface area contributed by atoms with Gasteiger partial charge in [0.2, 0.25) is 0 Å². The second-order valence-electron chi connectivity index (χ2n) is 6.43. The van der Waals surface area contributed by atoms with Gasteiger partial charge in [-0.15, -0.1) is 0 Å². The van der Waals surface area contributed by atoms with Crippen LogP contribution in [0, 0.1) is 5.92 Å². The fourth-order valence-corrected chi connectivity index (χ4v) is 3.03. The summed E-state index contributed by atoms with van der Waals surface area (Å²) < 4.78 is 6.28. The molecule has 0 bridgehead atoms. The first-order valence-corrected chi connectivity index (χ1v) is 8.08. The zero-order valence-corrected chi connectivity index (χ0v) is 13.8. The highest BCUT2D eigenvalue weighted by Gasteiger charge is 2.31. The standard InChI is InChI=1S/C20H28O/c1-15(2)9-8-10-16(3)19-14-13-17(4)21-20(19)18-11-6-5-7-12-18/h5-7,9-12,17,19-20H,8,13-14H2,1-4H3/b16-10-. The van der Waals surface area contributed by atoms with Crippen molar-refractivity contribution in [3.8, 4) is 0 Å². The van der Waals surface area contributed by atoms with E-state index < -0.39 is 0 Å². The number of hydrogen-bond acceptors (Lipinski definition) is 1. The molecule has 0 spiro atoms. The number of hydrogen-bond donors (Lipinski definition) is 0. The Kier molecular flexibility index (Phi) is 5.81. The van der Waals surface area contributed by atoms with Crippen LogP contribution in [0.5, 0.6) is 0 Å². The lowest BCUT2D eigenvalue weighted by atomic mass is 9.82. The van der Waals surface area contributed by atoms with Crippen molar-refractivity contribution in [1.29, 1.82) is 0 Å². The molecule has 1 nitrogen and oxygen atoms in total. The summed E-state index contributed by atoms with van der Waals surface area (Å²) in [4.78, 5) is 0. The minimum Gasteiger partial charge on any atom is -0.370 e. The van der Waals surface area contributed by atoms with Crippen LogP contribution in [0.15, 0.2) is 53.6 Å². The topological polar surface area (TPSA) is 9.23 Å². The Morgan fingerprint density at radius 3 is 2.48 bits per heavy atom. The lowest BCUT2D eigenvalue weighted by molar-refractivity contribution is -0.0673. The Balaban J connectivity index is 2.17. The molecule has 1 fully saturated rings. The lowest BCUT2D eigenvalue weighted by Gasteiger charge is -2.36. The fourth-order valence-electron chi connectivity index (χ4n) is 3.03. The smallest absolute Gasteiger partial charge is 0.0893 e. The third-order valence-electron chi connectivity index (χ3n) is 4.31. The molecule has 114 valence electrons. The van der Waals surface area contributed by atoms with Crippen molar-refractivity contribution >= 4 is 0 Å².